The van der Waals surface area contributed by atoms with Crippen LogP contribution in [0.5, 0.6) is 0 Å². The number of carbonyl (C=O) groups excluding carboxylic acids is 1. The van der Waals surface area contributed by atoms with E-state index >= 15 is 0 Å². The van der Waals surface area contributed by atoms with Gasteiger partial charge in [-0.2, -0.15) is 0 Å². The summed E-state index contributed by atoms with van der Waals surface area (Å²) in [6, 6.07) is 0. The molecule has 24 heavy (non-hydrogen) atoms. The predicted octanol–water partition coefficient (Wildman–Crippen LogP) is -2.28. The largest absolute Gasteiger partial charge is 0.389 e. The predicted molar refractivity (Wildman–Crippen MR) is 83.8 cm³/mol. The van der Waals surface area contributed by atoms with Gasteiger partial charge >= 0.3 is 5.69 Å². The van der Waals surface area contributed by atoms with Crippen molar-refractivity contribution < 1.29 is 15.0 Å². The number of nitrogens with one attached hydrogen (secondary N) is 1. The Bertz CT molecular complexity index is 958. The molecule has 10 heteroatoms. The highest BCUT2D eigenvalue weighted by molar-refractivity contribution is 5.74. The number of aliphatic hydroxyl groups is 2. The van der Waals surface area contributed by atoms with Crippen LogP contribution in [0.15, 0.2) is 9.59 Å². The van der Waals surface area contributed by atoms with Crippen molar-refractivity contribution in [3.05, 3.63) is 26.7 Å². The molecule has 0 radical (unpaired) electrons. The average Bonchev–Trinajstić information content (AvgIpc) is 2.89. The van der Waals surface area contributed by atoms with Crippen molar-refractivity contribution >= 4 is 17.1 Å². The van der Waals surface area contributed by atoms with Crippen LogP contribution in [-0.2, 0) is 18.4 Å². The maximum absolute atomic E-state index is 12.1. The molecule has 2 heterocycles. The minimum absolute atomic E-state index is 0.00394. The smallest absolute Gasteiger partial charge is 0.329 e. The summed E-state index contributed by atoms with van der Waals surface area (Å²) in [6.07, 6.45) is -3.58. The van der Waals surface area contributed by atoms with Gasteiger partial charge in [-0.3, -0.25) is 19.1 Å². The number of nitrogens with zero attached hydrogens (tertiary/aromatic N) is 3. The van der Waals surface area contributed by atoms with Gasteiger partial charge in [0.05, 0.1) is 19.1 Å². The van der Waals surface area contributed by atoms with E-state index in [4.69, 9.17) is 5.73 Å². The summed E-state index contributed by atoms with van der Waals surface area (Å²) in [6.45, 7) is 1.60. The summed E-state index contributed by atoms with van der Waals surface area (Å²) in [5, 5.41) is 20.2. The summed E-state index contributed by atoms with van der Waals surface area (Å²) < 4.78 is 2.39. The van der Waals surface area contributed by atoms with Gasteiger partial charge in [0.1, 0.15) is 11.9 Å². The summed E-state index contributed by atoms with van der Waals surface area (Å²) in [5.41, 5.74) is 3.71. The quantitative estimate of drug-likeness (QED) is 0.451. The molecule has 1 amide bonds. The minimum Gasteiger partial charge on any atom is -0.389 e. The monoisotopic (exact) mass is 335 g/mol. The Hall–Kier alpha value is -2.90. The van der Waals surface area contributed by atoms with Crippen LogP contribution in [0, 0.1) is 11.8 Å². The van der Waals surface area contributed by atoms with Gasteiger partial charge in [-0.05, 0) is 6.92 Å². The van der Waals surface area contributed by atoms with E-state index in [9.17, 15) is 24.6 Å². The van der Waals surface area contributed by atoms with Gasteiger partial charge in [0, 0.05) is 7.05 Å². The molecule has 0 saturated carbocycles. The molecule has 2 aromatic heterocycles. The van der Waals surface area contributed by atoms with E-state index in [1.165, 1.54) is 11.6 Å². The number of aryl methyl sites for hydroxylation is 1. The van der Waals surface area contributed by atoms with Crippen LogP contribution in [0.1, 0.15) is 25.3 Å². The van der Waals surface area contributed by atoms with Gasteiger partial charge in [-0.1, -0.05) is 5.92 Å². The molecule has 0 spiro atoms. The van der Waals surface area contributed by atoms with E-state index in [1.54, 1.807) is 6.92 Å². The zero-order valence-electron chi connectivity index (χ0n) is 13.1. The van der Waals surface area contributed by atoms with E-state index in [1.807, 2.05) is 0 Å². The molecule has 0 aliphatic heterocycles. The lowest BCUT2D eigenvalue weighted by molar-refractivity contribution is -0.121. The second-order valence-corrected chi connectivity index (χ2v) is 5.16. The van der Waals surface area contributed by atoms with Crippen molar-refractivity contribution in [2.75, 3.05) is 0 Å². The first-order valence-corrected chi connectivity index (χ1v) is 7.01. The van der Waals surface area contributed by atoms with Gasteiger partial charge in [-0.15, -0.1) is 5.92 Å². The molecule has 0 bridgehead atoms. The van der Waals surface area contributed by atoms with Crippen LogP contribution in [0.4, 0.5) is 0 Å². The molecular formula is C14H17N5O5. The van der Waals surface area contributed by atoms with E-state index in [-0.39, 0.29) is 23.5 Å². The van der Waals surface area contributed by atoms with Crippen LogP contribution in [0.2, 0.25) is 0 Å². The third-order valence-electron chi connectivity index (χ3n) is 3.49. The number of hydrogen-bond acceptors (Lipinski definition) is 6. The molecule has 2 atom stereocenters. The number of aromatic amines is 1. The first kappa shape index (κ1) is 17.5. The summed E-state index contributed by atoms with van der Waals surface area (Å²) in [7, 11) is 1.40. The molecule has 0 fully saturated rings. The Balaban J connectivity index is 2.72. The van der Waals surface area contributed by atoms with Gasteiger partial charge < -0.3 is 20.5 Å². The number of rotatable bonds is 5. The van der Waals surface area contributed by atoms with Crippen LogP contribution in [0.3, 0.4) is 0 Å². The minimum atomic E-state index is -1.59. The Morgan fingerprint density at radius 1 is 1.42 bits per heavy atom. The zero-order chi connectivity index (χ0) is 18.0. The van der Waals surface area contributed by atoms with Crippen molar-refractivity contribution in [2.45, 2.75) is 32.1 Å². The Kier molecular flexibility index (Phi) is 4.87. The third-order valence-corrected chi connectivity index (χ3v) is 3.49. The molecule has 128 valence electrons. The SMILES string of the molecule is CC#CCn1c(C(O)C(O)CC(N)=O)nc2c1c(=O)[nH]c(=O)n2C. The molecule has 2 unspecified atom stereocenters. The lowest BCUT2D eigenvalue weighted by Crippen LogP contribution is -2.29. The Morgan fingerprint density at radius 2 is 2.08 bits per heavy atom. The third kappa shape index (κ3) is 3.08. The highest BCUT2D eigenvalue weighted by atomic mass is 16.3. The van der Waals surface area contributed by atoms with Crippen molar-refractivity contribution in [1.82, 2.24) is 19.1 Å². The number of amides is 1. The number of H-pyrrole nitrogens is 1. The molecule has 0 aliphatic carbocycles. The van der Waals surface area contributed by atoms with Crippen LogP contribution < -0.4 is 17.0 Å². The van der Waals surface area contributed by atoms with Crippen LogP contribution >= 0.6 is 0 Å². The number of imidazole rings is 1. The van der Waals surface area contributed by atoms with E-state index in [0.29, 0.717) is 0 Å². The van der Waals surface area contributed by atoms with E-state index < -0.39 is 35.8 Å². The van der Waals surface area contributed by atoms with E-state index in [2.05, 4.69) is 21.8 Å². The fraction of sp³-hybridized carbons (Fsp3) is 0.429. The molecule has 5 N–H and O–H groups in total. The topological polar surface area (TPSA) is 156 Å². The molecule has 2 aromatic rings. The second-order valence-electron chi connectivity index (χ2n) is 5.16. The second kappa shape index (κ2) is 6.69. The number of nitrogens with two attached hydrogens (primary N) is 1. The van der Waals surface area contributed by atoms with Gasteiger partial charge in [0.25, 0.3) is 5.56 Å². The van der Waals surface area contributed by atoms with Crippen molar-refractivity contribution in [3.63, 3.8) is 0 Å². The highest BCUT2D eigenvalue weighted by Gasteiger charge is 2.28. The van der Waals surface area contributed by atoms with Crippen LogP contribution in [0.25, 0.3) is 11.2 Å². The summed E-state index contributed by atoms with van der Waals surface area (Å²) >= 11 is 0. The summed E-state index contributed by atoms with van der Waals surface area (Å²) in [5.74, 6) is 4.48. The number of aliphatic hydroxyl groups excluding tert-OH is 2. The fourth-order valence-corrected chi connectivity index (χ4v) is 2.29. The summed E-state index contributed by atoms with van der Waals surface area (Å²) in [4.78, 5) is 41.0. The number of aromatic nitrogens is 4. The number of hydrogen-bond donors (Lipinski definition) is 4. The van der Waals surface area contributed by atoms with E-state index in [0.717, 1.165) is 4.57 Å². The molecule has 10 nitrogen and oxygen atoms in total. The van der Waals surface area contributed by atoms with Gasteiger partial charge in [0.15, 0.2) is 11.2 Å². The molecule has 2 rings (SSSR count). The lowest BCUT2D eigenvalue weighted by atomic mass is 10.1. The Labute approximate surface area is 135 Å². The fourth-order valence-electron chi connectivity index (χ4n) is 2.29. The molecule has 0 aliphatic rings. The number of carbonyl (C=O) groups is 1. The average molecular weight is 335 g/mol. The normalized spacial score (nSPS) is 13.3. The van der Waals surface area contributed by atoms with Gasteiger partial charge in [-0.25, -0.2) is 9.78 Å². The molecular weight excluding hydrogens is 318 g/mol. The first-order valence-electron chi connectivity index (χ1n) is 7.01. The standard InChI is InChI=1S/C14H17N5O5/c1-3-4-5-19-9-11(18(2)14(24)17-13(9)23)16-12(19)10(22)7(20)6-8(15)21/h7,10,20,22H,5-6H2,1-2H3,(H2,15,21)(H,17,23,24). The number of fused-ring (bicyclic) bond motifs is 1. The molecule has 0 aromatic carbocycles. The maximum Gasteiger partial charge on any atom is 0.329 e. The van der Waals surface area contributed by atoms with Gasteiger partial charge in [0.2, 0.25) is 5.91 Å². The van der Waals surface area contributed by atoms with Crippen molar-refractivity contribution in [3.8, 4) is 11.8 Å². The first-order chi connectivity index (χ1) is 11.3. The lowest BCUT2D eigenvalue weighted by Gasteiger charge is -2.16. The molecule has 0 saturated heterocycles. The highest BCUT2D eigenvalue weighted by Crippen LogP contribution is 2.21. The van der Waals surface area contributed by atoms with Crippen molar-refractivity contribution in [1.29, 1.82) is 0 Å². The maximum atomic E-state index is 12.1. The van der Waals surface area contributed by atoms with Crippen LogP contribution in [-0.4, -0.2) is 41.3 Å². The zero-order valence-corrected chi connectivity index (χ0v) is 13.1. The Morgan fingerprint density at radius 3 is 2.67 bits per heavy atom. The van der Waals surface area contributed by atoms with Crippen molar-refractivity contribution in [2.24, 2.45) is 12.8 Å². The number of primary amides is 1.